The topological polar surface area (TPSA) is 28.2 Å². The maximum absolute atomic E-state index is 6.07. The fourth-order valence-corrected chi connectivity index (χ4v) is 2.04. The molecule has 0 radical (unpaired) electrons. The molecule has 0 bridgehead atoms. The highest BCUT2D eigenvalue weighted by Gasteiger charge is 2.23. The predicted octanol–water partition coefficient (Wildman–Crippen LogP) is 1.53. The highest BCUT2D eigenvalue weighted by atomic mass is 35.5. The van der Waals surface area contributed by atoms with Gasteiger partial charge in [-0.2, -0.15) is 0 Å². The summed E-state index contributed by atoms with van der Waals surface area (Å²) in [4.78, 5) is 6.52. The number of pyridine rings is 1. The summed E-state index contributed by atoms with van der Waals surface area (Å²) in [5.41, 5.74) is 0. The van der Waals surface area contributed by atoms with Gasteiger partial charge in [-0.25, -0.2) is 4.98 Å². The molecule has 1 aliphatic rings. The van der Waals surface area contributed by atoms with E-state index in [4.69, 9.17) is 11.6 Å². The van der Waals surface area contributed by atoms with Gasteiger partial charge in [0, 0.05) is 25.3 Å². The molecular formula is C10H14ClN3. The first-order chi connectivity index (χ1) is 6.81. The molecule has 0 amide bonds. The molecule has 4 heteroatoms. The number of hydrogen-bond acceptors (Lipinski definition) is 3. The Morgan fingerprint density at radius 2 is 2.50 bits per heavy atom. The summed E-state index contributed by atoms with van der Waals surface area (Å²) in [5, 5.41) is 4.01. The minimum Gasteiger partial charge on any atom is -0.354 e. The first kappa shape index (κ1) is 9.74. The largest absolute Gasteiger partial charge is 0.354 e. The van der Waals surface area contributed by atoms with E-state index in [0.717, 1.165) is 30.4 Å². The average Bonchev–Trinajstić information content (AvgIpc) is 2.67. The van der Waals surface area contributed by atoms with Gasteiger partial charge < -0.3 is 10.2 Å². The molecule has 14 heavy (non-hydrogen) atoms. The molecule has 1 N–H and O–H groups in total. The SMILES string of the molecule is CNC1CCN(c2ncccc2Cl)C1. The number of likely N-dealkylation sites (N-methyl/N-ethyl adjacent to an activating group) is 1. The number of aromatic nitrogens is 1. The van der Waals surface area contributed by atoms with Crippen LogP contribution in [-0.2, 0) is 0 Å². The van der Waals surface area contributed by atoms with E-state index in [0.29, 0.717) is 6.04 Å². The lowest BCUT2D eigenvalue weighted by atomic mass is 10.3. The van der Waals surface area contributed by atoms with E-state index in [9.17, 15) is 0 Å². The molecule has 0 saturated carbocycles. The number of nitrogens with one attached hydrogen (secondary N) is 1. The van der Waals surface area contributed by atoms with Crippen LogP contribution in [0.25, 0.3) is 0 Å². The molecule has 1 aliphatic heterocycles. The van der Waals surface area contributed by atoms with Crippen LogP contribution in [0.2, 0.25) is 5.02 Å². The Morgan fingerprint density at radius 3 is 3.14 bits per heavy atom. The molecule has 1 fully saturated rings. The minimum atomic E-state index is 0.563. The summed E-state index contributed by atoms with van der Waals surface area (Å²) in [5.74, 6) is 0.909. The third-order valence-corrected chi connectivity index (χ3v) is 2.93. The van der Waals surface area contributed by atoms with Gasteiger partial charge in [0.15, 0.2) is 0 Å². The van der Waals surface area contributed by atoms with Crippen molar-refractivity contribution in [1.29, 1.82) is 0 Å². The summed E-state index contributed by atoms with van der Waals surface area (Å²) in [6.07, 6.45) is 2.94. The maximum Gasteiger partial charge on any atom is 0.147 e. The van der Waals surface area contributed by atoms with Gasteiger partial charge in [-0.1, -0.05) is 11.6 Å². The Balaban J connectivity index is 2.13. The van der Waals surface area contributed by atoms with E-state index in [1.807, 2.05) is 19.2 Å². The van der Waals surface area contributed by atoms with Crippen molar-refractivity contribution in [3.05, 3.63) is 23.4 Å². The van der Waals surface area contributed by atoms with Crippen molar-refractivity contribution in [3.63, 3.8) is 0 Å². The second kappa shape index (κ2) is 4.15. The third-order valence-electron chi connectivity index (χ3n) is 2.64. The second-order valence-corrected chi connectivity index (χ2v) is 3.94. The van der Waals surface area contributed by atoms with Crippen molar-refractivity contribution in [1.82, 2.24) is 10.3 Å². The molecule has 1 saturated heterocycles. The Kier molecular flexibility index (Phi) is 2.89. The Morgan fingerprint density at radius 1 is 1.64 bits per heavy atom. The van der Waals surface area contributed by atoms with Gasteiger partial charge in [-0.3, -0.25) is 0 Å². The van der Waals surface area contributed by atoms with Gasteiger partial charge in [0.05, 0.1) is 5.02 Å². The molecule has 1 aromatic heterocycles. The number of anilines is 1. The highest BCUT2D eigenvalue weighted by molar-refractivity contribution is 6.32. The standard InChI is InChI=1S/C10H14ClN3/c1-12-8-4-6-14(7-8)10-9(11)3-2-5-13-10/h2-3,5,8,12H,4,6-7H2,1H3. The quantitative estimate of drug-likeness (QED) is 0.805. The third kappa shape index (κ3) is 1.83. The summed E-state index contributed by atoms with van der Waals surface area (Å²) in [6.45, 7) is 2.02. The monoisotopic (exact) mass is 211 g/mol. The first-order valence-electron chi connectivity index (χ1n) is 4.84. The Hall–Kier alpha value is -0.800. The lowest BCUT2D eigenvalue weighted by Gasteiger charge is -2.18. The summed E-state index contributed by atoms with van der Waals surface area (Å²) >= 11 is 6.07. The molecule has 76 valence electrons. The first-order valence-corrected chi connectivity index (χ1v) is 5.22. The molecule has 1 atom stereocenters. The van der Waals surface area contributed by atoms with E-state index in [1.165, 1.54) is 0 Å². The molecule has 0 aromatic carbocycles. The maximum atomic E-state index is 6.07. The summed E-state index contributed by atoms with van der Waals surface area (Å²) in [6, 6.07) is 4.31. The van der Waals surface area contributed by atoms with E-state index < -0.39 is 0 Å². The van der Waals surface area contributed by atoms with Crippen LogP contribution in [-0.4, -0.2) is 31.2 Å². The van der Waals surface area contributed by atoms with Gasteiger partial charge in [0.2, 0.25) is 0 Å². The normalized spacial score (nSPS) is 21.6. The van der Waals surface area contributed by atoms with Crippen LogP contribution >= 0.6 is 11.6 Å². The fraction of sp³-hybridized carbons (Fsp3) is 0.500. The van der Waals surface area contributed by atoms with Crippen LogP contribution in [0.5, 0.6) is 0 Å². The number of hydrogen-bond donors (Lipinski definition) is 1. The van der Waals surface area contributed by atoms with E-state index in [-0.39, 0.29) is 0 Å². The van der Waals surface area contributed by atoms with E-state index >= 15 is 0 Å². The van der Waals surface area contributed by atoms with Crippen molar-refractivity contribution in [2.45, 2.75) is 12.5 Å². The van der Waals surface area contributed by atoms with Crippen LogP contribution < -0.4 is 10.2 Å². The molecule has 2 heterocycles. The molecule has 3 nitrogen and oxygen atoms in total. The molecule has 1 unspecified atom stereocenters. The number of rotatable bonds is 2. The lowest BCUT2D eigenvalue weighted by molar-refractivity contribution is 0.616. The molecular weight excluding hydrogens is 198 g/mol. The Bertz CT molecular complexity index is 316. The van der Waals surface area contributed by atoms with Gasteiger partial charge in [-0.05, 0) is 25.6 Å². The minimum absolute atomic E-state index is 0.563. The zero-order valence-electron chi connectivity index (χ0n) is 8.20. The Labute approximate surface area is 89.1 Å². The summed E-state index contributed by atoms with van der Waals surface area (Å²) < 4.78 is 0. The summed E-state index contributed by atoms with van der Waals surface area (Å²) in [7, 11) is 1.99. The van der Waals surface area contributed by atoms with Crippen LogP contribution in [0.15, 0.2) is 18.3 Å². The van der Waals surface area contributed by atoms with Gasteiger partial charge in [0.25, 0.3) is 0 Å². The van der Waals surface area contributed by atoms with Crippen molar-refractivity contribution < 1.29 is 0 Å². The van der Waals surface area contributed by atoms with Gasteiger partial charge in [0.1, 0.15) is 5.82 Å². The molecule has 1 aromatic rings. The smallest absolute Gasteiger partial charge is 0.147 e. The average molecular weight is 212 g/mol. The molecule has 0 spiro atoms. The number of nitrogens with zero attached hydrogens (tertiary/aromatic N) is 2. The second-order valence-electron chi connectivity index (χ2n) is 3.53. The van der Waals surface area contributed by atoms with Crippen molar-refractivity contribution >= 4 is 17.4 Å². The predicted molar refractivity (Wildman–Crippen MR) is 58.9 cm³/mol. The number of halogens is 1. The lowest BCUT2D eigenvalue weighted by Crippen LogP contribution is -2.29. The van der Waals surface area contributed by atoms with Crippen LogP contribution in [0.4, 0.5) is 5.82 Å². The van der Waals surface area contributed by atoms with Gasteiger partial charge >= 0.3 is 0 Å². The molecule has 2 rings (SSSR count). The van der Waals surface area contributed by atoms with E-state index in [2.05, 4.69) is 15.2 Å². The van der Waals surface area contributed by atoms with Crippen molar-refractivity contribution in [2.75, 3.05) is 25.0 Å². The highest BCUT2D eigenvalue weighted by Crippen LogP contribution is 2.25. The van der Waals surface area contributed by atoms with Crippen LogP contribution in [0.1, 0.15) is 6.42 Å². The molecule has 0 aliphatic carbocycles. The van der Waals surface area contributed by atoms with Crippen LogP contribution in [0.3, 0.4) is 0 Å². The van der Waals surface area contributed by atoms with Crippen LogP contribution in [0, 0.1) is 0 Å². The van der Waals surface area contributed by atoms with Crippen molar-refractivity contribution in [2.24, 2.45) is 0 Å². The zero-order valence-corrected chi connectivity index (χ0v) is 8.96. The van der Waals surface area contributed by atoms with E-state index in [1.54, 1.807) is 6.20 Å². The van der Waals surface area contributed by atoms with Gasteiger partial charge in [-0.15, -0.1) is 0 Å². The fourth-order valence-electron chi connectivity index (χ4n) is 1.80. The zero-order chi connectivity index (χ0) is 9.97. The van der Waals surface area contributed by atoms with Crippen molar-refractivity contribution in [3.8, 4) is 0 Å².